The van der Waals surface area contributed by atoms with Gasteiger partial charge in [0.1, 0.15) is 0 Å². The molecular formula is C14H27N3O. The van der Waals surface area contributed by atoms with Crippen LogP contribution in [-0.4, -0.2) is 28.5 Å². The van der Waals surface area contributed by atoms with Crippen molar-refractivity contribution in [1.82, 2.24) is 9.78 Å². The van der Waals surface area contributed by atoms with Crippen LogP contribution >= 0.6 is 0 Å². The maximum absolute atomic E-state index is 6.21. The van der Waals surface area contributed by atoms with E-state index in [1.807, 2.05) is 13.8 Å². The molecule has 0 aliphatic carbocycles. The second-order valence-electron chi connectivity index (χ2n) is 5.23. The zero-order chi connectivity index (χ0) is 13.6. The van der Waals surface area contributed by atoms with Crippen LogP contribution in [0, 0.1) is 0 Å². The van der Waals surface area contributed by atoms with E-state index in [-0.39, 0.29) is 5.54 Å². The molecule has 0 fully saturated rings. The highest BCUT2D eigenvalue weighted by molar-refractivity contribution is 5.05. The fourth-order valence-corrected chi connectivity index (χ4v) is 2.14. The average molecular weight is 253 g/mol. The summed E-state index contributed by atoms with van der Waals surface area (Å²) in [7, 11) is 0. The van der Waals surface area contributed by atoms with Crippen LogP contribution in [0.3, 0.4) is 0 Å². The molecule has 0 saturated carbocycles. The summed E-state index contributed by atoms with van der Waals surface area (Å²) in [5.41, 5.74) is 6.91. The molecule has 1 aromatic heterocycles. The first-order valence-electron chi connectivity index (χ1n) is 6.93. The third-order valence-corrected chi connectivity index (χ3v) is 3.20. The number of rotatable bonds is 8. The Kier molecular flexibility index (Phi) is 5.82. The molecule has 0 radical (unpaired) electrons. The van der Waals surface area contributed by atoms with Gasteiger partial charge in [0.15, 0.2) is 0 Å². The van der Waals surface area contributed by atoms with Crippen molar-refractivity contribution >= 4 is 0 Å². The lowest BCUT2D eigenvalue weighted by Gasteiger charge is -2.23. The zero-order valence-electron chi connectivity index (χ0n) is 12.1. The molecule has 0 spiro atoms. The summed E-state index contributed by atoms with van der Waals surface area (Å²) in [5, 5.41) is 4.63. The Hall–Kier alpha value is -0.870. The largest absolute Gasteiger partial charge is 0.380 e. The van der Waals surface area contributed by atoms with Gasteiger partial charge in [-0.05, 0) is 32.8 Å². The summed E-state index contributed by atoms with van der Waals surface area (Å²) in [5.74, 6) is 0. The van der Waals surface area contributed by atoms with Gasteiger partial charge in [0.25, 0.3) is 0 Å². The van der Waals surface area contributed by atoms with Crippen molar-refractivity contribution in [1.29, 1.82) is 0 Å². The van der Waals surface area contributed by atoms with Gasteiger partial charge in [-0.25, -0.2) is 0 Å². The van der Waals surface area contributed by atoms with E-state index in [4.69, 9.17) is 10.5 Å². The van der Waals surface area contributed by atoms with Crippen LogP contribution in [0.5, 0.6) is 0 Å². The molecule has 0 aromatic carbocycles. The number of hydrogen-bond acceptors (Lipinski definition) is 3. The minimum absolute atomic E-state index is 0.344. The van der Waals surface area contributed by atoms with E-state index in [0.29, 0.717) is 19.3 Å². The van der Waals surface area contributed by atoms with Gasteiger partial charge in [-0.1, -0.05) is 13.8 Å². The average Bonchev–Trinajstić information content (AvgIpc) is 2.76. The molecule has 104 valence electrons. The van der Waals surface area contributed by atoms with Crippen molar-refractivity contribution in [3.05, 3.63) is 18.0 Å². The normalized spacial score (nSPS) is 15.0. The van der Waals surface area contributed by atoms with Crippen LogP contribution in [-0.2, 0) is 11.2 Å². The first kappa shape index (κ1) is 15.2. The fraction of sp³-hybridized carbons (Fsp3) is 0.786. The SMILES string of the molecule is CCOCC(C)(N)Cc1ccn(C(CC)CC)n1. The topological polar surface area (TPSA) is 53.1 Å². The Morgan fingerprint density at radius 1 is 1.39 bits per heavy atom. The summed E-state index contributed by atoms with van der Waals surface area (Å²) >= 11 is 0. The summed E-state index contributed by atoms with van der Waals surface area (Å²) < 4.78 is 7.47. The third kappa shape index (κ3) is 4.42. The quantitative estimate of drug-likeness (QED) is 0.774. The highest BCUT2D eigenvalue weighted by Gasteiger charge is 2.21. The van der Waals surface area contributed by atoms with Gasteiger partial charge in [-0.3, -0.25) is 4.68 Å². The molecular weight excluding hydrogens is 226 g/mol. The number of nitrogens with zero attached hydrogens (tertiary/aromatic N) is 2. The van der Waals surface area contributed by atoms with Crippen LogP contribution in [0.4, 0.5) is 0 Å². The standard InChI is InChI=1S/C14H27N3O/c1-5-13(6-2)17-9-8-12(16-17)10-14(4,15)11-18-7-3/h8-9,13H,5-7,10-11,15H2,1-4H3. The second-order valence-corrected chi connectivity index (χ2v) is 5.23. The zero-order valence-corrected chi connectivity index (χ0v) is 12.1. The van der Waals surface area contributed by atoms with Crippen LogP contribution in [0.25, 0.3) is 0 Å². The van der Waals surface area contributed by atoms with Gasteiger partial charge in [0, 0.05) is 24.8 Å². The van der Waals surface area contributed by atoms with Gasteiger partial charge in [-0.15, -0.1) is 0 Å². The third-order valence-electron chi connectivity index (χ3n) is 3.20. The number of ether oxygens (including phenoxy) is 1. The van der Waals surface area contributed by atoms with E-state index < -0.39 is 0 Å². The molecule has 1 unspecified atom stereocenters. The first-order valence-corrected chi connectivity index (χ1v) is 6.93. The molecule has 1 atom stereocenters. The van der Waals surface area contributed by atoms with Crippen LogP contribution in [0.15, 0.2) is 12.3 Å². The Morgan fingerprint density at radius 2 is 2.06 bits per heavy atom. The molecule has 1 aromatic rings. The maximum Gasteiger partial charge on any atom is 0.0647 e. The first-order chi connectivity index (χ1) is 8.52. The Balaban J connectivity index is 2.63. The predicted octanol–water partition coefficient (Wildman–Crippen LogP) is 2.54. The molecule has 18 heavy (non-hydrogen) atoms. The van der Waals surface area contributed by atoms with Crippen molar-refractivity contribution < 1.29 is 4.74 Å². The molecule has 4 heteroatoms. The van der Waals surface area contributed by atoms with E-state index in [1.165, 1.54) is 0 Å². The monoisotopic (exact) mass is 253 g/mol. The Labute approximate surface area is 111 Å². The van der Waals surface area contributed by atoms with E-state index >= 15 is 0 Å². The molecule has 0 saturated heterocycles. The van der Waals surface area contributed by atoms with Gasteiger partial charge >= 0.3 is 0 Å². The predicted molar refractivity (Wildman–Crippen MR) is 74.6 cm³/mol. The van der Waals surface area contributed by atoms with Gasteiger partial charge < -0.3 is 10.5 Å². The fourth-order valence-electron chi connectivity index (χ4n) is 2.14. The number of hydrogen-bond donors (Lipinski definition) is 1. The maximum atomic E-state index is 6.21. The summed E-state index contributed by atoms with van der Waals surface area (Å²) in [6.07, 6.45) is 5.02. The molecule has 1 rings (SSSR count). The van der Waals surface area contributed by atoms with Gasteiger partial charge in [0.2, 0.25) is 0 Å². The summed E-state index contributed by atoms with van der Waals surface area (Å²) in [6, 6.07) is 2.56. The molecule has 2 N–H and O–H groups in total. The second kappa shape index (κ2) is 6.90. The van der Waals surface area contributed by atoms with Gasteiger partial charge in [0.05, 0.1) is 18.3 Å². The van der Waals surface area contributed by atoms with Gasteiger partial charge in [-0.2, -0.15) is 5.10 Å². The van der Waals surface area contributed by atoms with Crippen molar-refractivity contribution in [2.24, 2.45) is 5.73 Å². The lowest BCUT2D eigenvalue weighted by molar-refractivity contribution is 0.101. The van der Waals surface area contributed by atoms with E-state index in [2.05, 4.69) is 35.9 Å². The van der Waals surface area contributed by atoms with E-state index in [9.17, 15) is 0 Å². The highest BCUT2D eigenvalue weighted by atomic mass is 16.5. The minimum Gasteiger partial charge on any atom is -0.380 e. The lowest BCUT2D eigenvalue weighted by Crippen LogP contribution is -2.43. The minimum atomic E-state index is -0.344. The van der Waals surface area contributed by atoms with Crippen LogP contribution in [0.2, 0.25) is 0 Å². The van der Waals surface area contributed by atoms with Crippen molar-refractivity contribution in [2.75, 3.05) is 13.2 Å². The summed E-state index contributed by atoms with van der Waals surface area (Å²) in [6.45, 7) is 9.66. The van der Waals surface area contributed by atoms with E-state index in [0.717, 1.165) is 25.0 Å². The van der Waals surface area contributed by atoms with Crippen molar-refractivity contribution in [2.45, 2.75) is 58.5 Å². The van der Waals surface area contributed by atoms with E-state index in [1.54, 1.807) is 0 Å². The molecule has 0 aliphatic rings. The Morgan fingerprint density at radius 3 is 2.61 bits per heavy atom. The van der Waals surface area contributed by atoms with Crippen molar-refractivity contribution in [3.63, 3.8) is 0 Å². The van der Waals surface area contributed by atoms with Crippen molar-refractivity contribution in [3.8, 4) is 0 Å². The lowest BCUT2D eigenvalue weighted by atomic mass is 9.98. The molecule has 0 aliphatic heterocycles. The molecule has 0 bridgehead atoms. The molecule has 4 nitrogen and oxygen atoms in total. The summed E-state index contributed by atoms with van der Waals surface area (Å²) in [4.78, 5) is 0. The number of nitrogens with two attached hydrogens (primary N) is 1. The highest BCUT2D eigenvalue weighted by Crippen LogP contribution is 2.16. The Bertz CT molecular complexity index is 343. The molecule has 0 amide bonds. The molecule has 1 heterocycles. The number of aromatic nitrogens is 2. The van der Waals surface area contributed by atoms with Crippen LogP contribution < -0.4 is 5.73 Å². The van der Waals surface area contributed by atoms with Crippen LogP contribution in [0.1, 0.15) is 52.3 Å². The smallest absolute Gasteiger partial charge is 0.0647 e.